The molecule has 0 bridgehead atoms. The molecule has 20 heavy (non-hydrogen) atoms. The van der Waals surface area contributed by atoms with E-state index in [4.69, 9.17) is 5.73 Å². The van der Waals surface area contributed by atoms with Crippen LogP contribution in [0, 0.1) is 0 Å². The second-order valence-corrected chi connectivity index (χ2v) is 7.68. The van der Waals surface area contributed by atoms with Crippen molar-refractivity contribution in [2.45, 2.75) is 5.75 Å². The lowest BCUT2D eigenvalue weighted by Crippen LogP contribution is -2.16. The summed E-state index contributed by atoms with van der Waals surface area (Å²) in [5.74, 6) is -0.165. The Morgan fingerprint density at radius 3 is 2.45 bits per heavy atom. The van der Waals surface area contributed by atoms with Gasteiger partial charge in [-0.3, -0.25) is 4.72 Å². The van der Waals surface area contributed by atoms with Crippen molar-refractivity contribution in [1.82, 2.24) is 0 Å². The number of hydrogen-bond acceptors (Lipinski definition) is 3. The number of sulfonamides is 1. The molecule has 3 N–H and O–H groups in total. The molecule has 0 saturated heterocycles. The highest BCUT2D eigenvalue weighted by molar-refractivity contribution is 9.11. The van der Waals surface area contributed by atoms with Crippen molar-refractivity contribution in [2.75, 3.05) is 10.5 Å². The monoisotopic (exact) mass is 418 g/mol. The number of nitrogen functional groups attached to an aromatic ring is 1. The molecule has 0 saturated carbocycles. The van der Waals surface area contributed by atoms with Crippen molar-refractivity contribution in [2.24, 2.45) is 0 Å². The topological polar surface area (TPSA) is 72.2 Å². The minimum atomic E-state index is -3.52. The third kappa shape index (κ3) is 3.97. The summed E-state index contributed by atoms with van der Waals surface area (Å²) >= 11 is 6.63. The standard InChI is InChI=1S/C13H12Br2N2O2S/c14-10-5-6-13(11(15)7-10)17-20(18,19)8-9-3-1-2-4-12(9)16/h1-7,17H,8,16H2. The van der Waals surface area contributed by atoms with Gasteiger partial charge in [0.2, 0.25) is 10.0 Å². The van der Waals surface area contributed by atoms with Crippen LogP contribution in [-0.2, 0) is 15.8 Å². The summed E-state index contributed by atoms with van der Waals surface area (Å²) in [4.78, 5) is 0. The maximum atomic E-state index is 12.2. The fraction of sp³-hybridized carbons (Fsp3) is 0.0769. The molecular formula is C13H12Br2N2O2S. The predicted molar refractivity (Wildman–Crippen MR) is 88.9 cm³/mol. The predicted octanol–water partition coefficient (Wildman–Crippen LogP) is 3.74. The molecule has 7 heteroatoms. The average molecular weight is 420 g/mol. The highest BCUT2D eigenvalue weighted by Crippen LogP contribution is 2.27. The van der Waals surface area contributed by atoms with Crippen LogP contribution in [0.2, 0.25) is 0 Å². The quantitative estimate of drug-likeness (QED) is 0.741. The van der Waals surface area contributed by atoms with Gasteiger partial charge < -0.3 is 5.73 Å². The van der Waals surface area contributed by atoms with Crippen LogP contribution in [0.3, 0.4) is 0 Å². The zero-order chi connectivity index (χ0) is 14.8. The van der Waals surface area contributed by atoms with Gasteiger partial charge in [-0.15, -0.1) is 0 Å². The Morgan fingerprint density at radius 2 is 1.80 bits per heavy atom. The van der Waals surface area contributed by atoms with Crippen LogP contribution in [-0.4, -0.2) is 8.42 Å². The molecule has 0 atom stereocenters. The Labute approximate surface area is 134 Å². The van der Waals surface area contributed by atoms with E-state index in [1.165, 1.54) is 0 Å². The molecule has 2 aromatic rings. The second-order valence-electron chi connectivity index (χ2n) is 4.18. The summed E-state index contributed by atoms with van der Waals surface area (Å²) in [5, 5.41) is 0. The van der Waals surface area contributed by atoms with Crippen LogP contribution in [0.25, 0.3) is 0 Å². The van der Waals surface area contributed by atoms with E-state index in [-0.39, 0.29) is 5.75 Å². The highest BCUT2D eigenvalue weighted by atomic mass is 79.9. The molecule has 0 radical (unpaired) electrons. The van der Waals surface area contributed by atoms with Crippen molar-refractivity contribution in [1.29, 1.82) is 0 Å². The van der Waals surface area contributed by atoms with Gasteiger partial charge in [-0.05, 0) is 45.8 Å². The van der Waals surface area contributed by atoms with Gasteiger partial charge in [-0.25, -0.2) is 8.42 Å². The van der Waals surface area contributed by atoms with Crippen molar-refractivity contribution in [3.05, 3.63) is 57.0 Å². The molecule has 2 aromatic carbocycles. The number of rotatable bonds is 4. The number of nitrogens with one attached hydrogen (secondary N) is 1. The SMILES string of the molecule is Nc1ccccc1CS(=O)(=O)Nc1ccc(Br)cc1Br. The fourth-order valence-electron chi connectivity index (χ4n) is 1.65. The van der Waals surface area contributed by atoms with E-state index in [0.29, 0.717) is 21.4 Å². The van der Waals surface area contributed by atoms with E-state index >= 15 is 0 Å². The van der Waals surface area contributed by atoms with Gasteiger partial charge in [0, 0.05) is 14.6 Å². The van der Waals surface area contributed by atoms with E-state index in [9.17, 15) is 8.42 Å². The molecule has 0 aliphatic carbocycles. The third-order valence-corrected chi connectivity index (χ3v) is 4.97. The van der Waals surface area contributed by atoms with Gasteiger partial charge >= 0.3 is 0 Å². The highest BCUT2D eigenvalue weighted by Gasteiger charge is 2.15. The lowest BCUT2D eigenvalue weighted by molar-refractivity contribution is 0.600. The lowest BCUT2D eigenvalue weighted by atomic mass is 10.2. The molecule has 0 heterocycles. The minimum absolute atomic E-state index is 0.165. The van der Waals surface area contributed by atoms with E-state index in [1.807, 2.05) is 0 Å². The third-order valence-electron chi connectivity index (χ3n) is 2.60. The minimum Gasteiger partial charge on any atom is -0.398 e. The molecule has 0 spiro atoms. The Hall–Kier alpha value is -1.05. The first-order valence-corrected chi connectivity index (χ1v) is 8.90. The van der Waals surface area contributed by atoms with Crippen LogP contribution in [0.15, 0.2) is 51.4 Å². The first kappa shape index (κ1) is 15.3. The number of hydrogen-bond donors (Lipinski definition) is 2. The van der Waals surface area contributed by atoms with Crippen molar-refractivity contribution in [3.63, 3.8) is 0 Å². The number of nitrogens with two attached hydrogens (primary N) is 1. The van der Waals surface area contributed by atoms with Gasteiger partial charge in [0.1, 0.15) is 0 Å². The van der Waals surface area contributed by atoms with Gasteiger partial charge in [0.25, 0.3) is 0 Å². The van der Waals surface area contributed by atoms with Crippen LogP contribution < -0.4 is 10.5 Å². The fourth-order valence-corrected chi connectivity index (χ4v) is 4.18. The molecule has 0 aliphatic heterocycles. The van der Waals surface area contributed by atoms with Crippen molar-refractivity contribution >= 4 is 53.3 Å². The molecule has 0 aliphatic rings. The molecular weight excluding hydrogens is 408 g/mol. The smallest absolute Gasteiger partial charge is 0.237 e. The van der Waals surface area contributed by atoms with E-state index in [2.05, 4.69) is 36.6 Å². The number of benzene rings is 2. The normalized spacial score (nSPS) is 11.3. The second kappa shape index (κ2) is 6.15. The maximum Gasteiger partial charge on any atom is 0.237 e. The zero-order valence-electron chi connectivity index (χ0n) is 10.3. The summed E-state index contributed by atoms with van der Waals surface area (Å²) in [7, 11) is -3.52. The Morgan fingerprint density at radius 1 is 1.10 bits per heavy atom. The average Bonchev–Trinajstić information content (AvgIpc) is 2.35. The lowest BCUT2D eigenvalue weighted by Gasteiger charge is -2.11. The van der Waals surface area contributed by atoms with Crippen molar-refractivity contribution in [3.8, 4) is 0 Å². The first-order chi connectivity index (χ1) is 9.37. The van der Waals surface area contributed by atoms with Gasteiger partial charge in [-0.2, -0.15) is 0 Å². The van der Waals surface area contributed by atoms with Crippen LogP contribution in [0.4, 0.5) is 11.4 Å². The molecule has 0 fully saturated rings. The summed E-state index contributed by atoms with van der Waals surface area (Å²) in [6.45, 7) is 0. The van der Waals surface area contributed by atoms with Crippen LogP contribution in [0.5, 0.6) is 0 Å². The summed E-state index contributed by atoms with van der Waals surface area (Å²) in [5.41, 5.74) is 7.29. The summed E-state index contributed by atoms with van der Waals surface area (Å²) in [6, 6.07) is 12.1. The van der Waals surface area contributed by atoms with Crippen LogP contribution in [0.1, 0.15) is 5.56 Å². The summed E-state index contributed by atoms with van der Waals surface area (Å²) in [6.07, 6.45) is 0. The molecule has 106 valence electrons. The van der Waals surface area contributed by atoms with E-state index < -0.39 is 10.0 Å². The molecule has 4 nitrogen and oxygen atoms in total. The largest absolute Gasteiger partial charge is 0.398 e. The Bertz CT molecular complexity index is 733. The number of para-hydroxylation sites is 1. The number of anilines is 2. The van der Waals surface area contributed by atoms with Gasteiger partial charge in [0.05, 0.1) is 11.4 Å². The summed E-state index contributed by atoms with van der Waals surface area (Å²) < 4.78 is 28.4. The van der Waals surface area contributed by atoms with Crippen molar-refractivity contribution < 1.29 is 8.42 Å². The maximum absolute atomic E-state index is 12.2. The Kier molecular flexibility index (Phi) is 4.72. The van der Waals surface area contributed by atoms with E-state index in [1.54, 1.807) is 42.5 Å². The van der Waals surface area contributed by atoms with Gasteiger partial charge in [0.15, 0.2) is 0 Å². The zero-order valence-corrected chi connectivity index (χ0v) is 14.3. The first-order valence-electron chi connectivity index (χ1n) is 5.66. The van der Waals surface area contributed by atoms with Gasteiger partial charge in [-0.1, -0.05) is 34.1 Å². The number of halogens is 2. The van der Waals surface area contributed by atoms with Crippen LogP contribution >= 0.6 is 31.9 Å². The molecule has 0 amide bonds. The molecule has 0 unspecified atom stereocenters. The van der Waals surface area contributed by atoms with E-state index in [0.717, 1.165) is 4.47 Å². The molecule has 2 rings (SSSR count). The molecule has 0 aromatic heterocycles. The Balaban J connectivity index is 2.22.